The molecule has 0 radical (unpaired) electrons. The third kappa shape index (κ3) is 3.64. The molecule has 0 atom stereocenters. The molecule has 2 aromatic heterocycles. The van der Waals surface area contributed by atoms with Crippen molar-refractivity contribution in [2.24, 2.45) is 0 Å². The van der Waals surface area contributed by atoms with Gasteiger partial charge in [0.1, 0.15) is 29.9 Å². The van der Waals surface area contributed by atoms with Gasteiger partial charge in [0.25, 0.3) is 5.91 Å². The Hall–Kier alpha value is -2.81. The van der Waals surface area contributed by atoms with Crippen molar-refractivity contribution in [1.29, 1.82) is 0 Å². The van der Waals surface area contributed by atoms with Gasteiger partial charge < -0.3 is 10.1 Å². The highest BCUT2D eigenvalue weighted by Crippen LogP contribution is 2.18. The summed E-state index contributed by atoms with van der Waals surface area (Å²) in [5.74, 6) is 0.426. The van der Waals surface area contributed by atoms with Crippen LogP contribution in [0.1, 0.15) is 9.67 Å². The van der Waals surface area contributed by atoms with Gasteiger partial charge in [-0.2, -0.15) is 5.10 Å². The van der Waals surface area contributed by atoms with Gasteiger partial charge in [0.2, 0.25) is 0 Å². The maximum Gasteiger partial charge on any atom is 0.269 e. The van der Waals surface area contributed by atoms with Gasteiger partial charge in [-0.25, -0.2) is 9.67 Å². The van der Waals surface area contributed by atoms with E-state index in [1.54, 1.807) is 23.1 Å². The number of amides is 1. The maximum absolute atomic E-state index is 11.9. The van der Waals surface area contributed by atoms with Gasteiger partial charge >= 0.3 is 0 Å². The summed E-state index contributed by atoms with van der Waals surface area (Å²) in [4.78, 5) is 16.2. The number of nitrogens with zero attached hydrogens (tertiary/aromatic N) is 5. The van der Waals surface area contributed by atoms with Crippen LogP contribution in [0.15, 0.2) is 43.1 Å². The lowest BCUT2D eigenvalue weighted by atomic mass is 10.3. The molecule has 0 saturated carbocycles. The topological polar surface area (TPSA) is 94.8 Å². The summed E-state index contributed by atoms with van der Waals surface area (Å²) in [5.41, 5.74) is 0.650. The average Bonchev–Trinajstić information content (AvgIpc) is 3.21. The fourth-order valence-corrected chi connectivity index (χ4v) is 2.14. The molecule has 8 nitrogen and oxygen atoms in total. The van der Waals surface area contributed by atoms with Gasteiger partial charge in [0.15, 0.2) is 0 Å². The predicted octanol–water partition coefficient (Wildman–Crippen LogP) is 1.46. The summed E-state index contributed by atoms with van der Waals surface area (Å²) in [5, 5.41) is 10.4. The number of hydrogen-bond acceptors (Lipinski definition) is 7. The number of rotatable bonds is 6. The van der Waals surface area contributed by atoms with Crippen molar-refractivity contribution in [2.75, 3.05) is 11.9 Å². The van der Waals surface area contributed by atoms with Crippen LogP contribution >= 0.6 is 11.5 Å². The fraction of sp³-hybridized carbons (Fsp3) is 0.154. The lowest BCUT2D eigenvalue weighted by molar-refractivity contribution is 0.103. The minimum absolute atomic E-state index is 0.241. The number of carbonyl (C=O) groups excluding carboxylic acids is 1. The molecule has 0 fully saturated rings. The van der Waals surface area contributed by atoms with Crippen LogP contribution in [-0.4, -0.2) is 36.9 Å². The van der Waals surface area contributed by atoms with Crippen LogP contribution in [0, 0.1) is 0 Å². The van der Waals surface area contributed by atoms with Crippen LogP contribution in [0.2, 0.25) is 0 Å². The van der Waals surface area contributed by atoms with E-state index in [9.17, 15) is 4.79 Å². The lowest BCUT2D eigenvalue weighted by Gasteiger charge is -2.08. The number of nitrogens with one attached hydrogen (secondary N) is 1. The molecule has 9 heteroatoms. The first-order chi connectivity index (χ1) is 10.8. The van der Waals surface area contributed by atoms with E-state index in [1.807, 2.05) is 12.1 Å². The van der Waals surface area contributed by atoms with Crippen molar-refractivity contribution in [3.63, 3.8) is 0 Å². The Morgan fingerprint density at radius 3 is 3.14 bits per heavy atom. The van der Waals surface area contributed by atoms with Crippen molar-refractivity contribution >= 4 is 23.1 Å². The SMILES string of the molecule is O=C(Nc1cccc(OCCn2cncn2)c1)c1cnns1. The third-order valence-corrected chi connectivity index (χ3v) is 3.40. The van der Waals surface area contributed by atoms with E-state index in [0.29, 0.717) is 29.5 Å². The molecular formula is C13H12N6O2S. The second-order valence-corrected chi connectivity index (χ2v) is 5.06. The summed E-state index contributed by atoms with van der Waals surface area (Å²) in [7, 11) is 0. The highest BCUT2D eigenvalue weighted by Gasteiger charge is 2.09. The monoisotopic (exact) mass is 316 g/mol. The summed E-state index contributed by atoms with van der Waals surface area (Å²) >= 11 is 1.05. The van der Waals surface area contributed by atoms with Crippen LogP contribution in [0.5, 0.6) is 5.75 Å². The van der Waals surface area contributed by atoms with Crippen LogP contribution in [0.3, 0.4) is 0 Å². The van der Waals surface area contributed by atoms with Crippen molar-refractivity contribution in [2.45, 2.75) is 6.54 Å². The Morgan fingerprint density at radius 1 is 1.41 bits per heavy atom. The second kappa shape index (κ2) is 6.76. The number of aromatic nitrogens is 5. The maximum atomic E-state index is 11.9. The van der Waals surface area contributed by atoms with Crippen LogP contribution in [-0.2, 0) is 6.54 Å². The molecule has 3 rings (SSSR count). The number of ether oxygens (including phenoxy) is 1. The Kier molecular flexibility index (Phi) is 4.35. The van der Waals surface area contributed by atoms with Gasteiger partial charge in [-0.3, -0.25) is 4.79 Å². The summed E-state index contributed by atoms with van der Waals surface area (Å²) < 4.78 is 11.0. The minimum Gasteiger partial charge on any atom is -0.492 e. The third-order valence-electron chi connectivity index (χ3n) is 2.73. The minimum atomic E-state index is -0.241. The van der Waals surface area contributed by atoms with E-state index >= 15 is 0 Å². The number of carbonyl (C=O) groups is 1. The standard InChI is InChI=1S/C13H12N6O2S/c20-13(12-7-15-18-22-12)17-10-2-1-3-11(6-10)21-5-4-19-9-14-8-16-19/h1-3,6-9H,4-5H2,(H,17,20). The molecule has 1 aromatic carbocycles. The highest BCUT2D eigenvalue weighted by atomic mass is 32.1. The van der Waals surface area contributed by atoms with Gasteiger partial charge in [-0.1, -0.05) is 10.6 Å². The zero-order valence-electron chi connectivity index (χ0n) is 11.4. The Balaban J connectivity index is 1.56. The first kappa shape index (κ1) is 14.1. The van der Waals surface area contributed by atoms with Crippen molar-refractivity contribution in [1.82, 2.24) is 24.4 Å². The van der Waals surface area contributed by atoms with Gasteiger partial charge in [0, 0.05) is 11.8 Å². The largest absolute Gasteiger partial charge is 0.492 e. The quantitative estimate of drug-likeness (QED) is 0.740. The highest BCUT2D eigenvalue weighted by molar-refractivity contribution is 7.07. The molecule has 0 aliphatic rings. The molecular weight excluding hydrogens is 304 g/mol. The first-order valence-electron chi connectivity index (χ1n) is 6.45. The molecule has 0 spiro atoms. The van der Waals surface area contributed by atoms with Crippen molar-refractivity contribution < 1.29 is 9.53 Å². The summed E-state index contributed by atoms with van der Waals surface area (Å²) in [6, 6.07) is 7.18. The molecule has 0 aliphatic carbocycles. The summed E-state index contributed by atoms with van der Waals surface area (Å²) in [6.07, 6.45) is 4.53. The molecule has 0 saturated heterocycles. The van der Waals surface area contributed by atoms with E-state index in [2.05, 4.69) is 25.0 Å². The Morgan fingerprint density at radius 2 is 2.36 bits per heavy atom. The van der Waals surface area contributed by atoms with E-state index in [0.717, 1.165) is 11.5 Å². The van der Waals surface area contributed by atoms with Crippen molar-refractivity contribution in [3.8, 4) is 5.75 Å². The molecule has 0 aliphatic heterocycles. The number of hydrogen-bond donors (Lipinski definition) is 1. The number of benzene rings is 1. The van der Waals surface area contributed by atoms with Crippen LogP contribution in [0.25, 0.3) is 0 Å². The Labute approximate surface area is 129 Å². The zero-order valence-corrected chi connectivity index (χ0v) is 12.2. The van der Waals surface area contributed by atoms with E-state index < -0.39 is 0 Å². The average molecular weight is 316 g/mol. The Bertz CT molecular complexity index is 729. The van der Waals surface area contributed by atoms with Gasteiger partial charge in [0.05, 0.1) is 12.7 Å². The van der Waals surface area contributed by atoms with E-state index in [-0.39, 0.29) is 5.91 Å². The number of anilines is 1. The molecule has 2 heterocycles. The normalized spacial score (nSPS) is 10.4. The molecule has 0 unspecified atom stereocenters. The van der Waals surface area contributed by atoms with Crippen molar-refractivity contribution in [3.05, 3.63) is 48.0 Å². The molecule has 22 heavy (non-hydrogen) atoms. The lowest BCUT2D eigenvalue weighted by Crippen LogP contribution is -2.11. The van der Waals surface area contributed by atoms with E-state index in [1.165, 1.54) is 12.5 Å². The van der Waals surface area contributed by atoms with Crippen LogP contribution < -0.4 is 10.1 Å². The van der Waals surface area contributed by atoms with Crippen LogP contribution in [0.4, 0.5) is 5.69 Å². The fourth-order valence-electron chi connectivity index (χ4n) is 1.73. The van der Waals surface area contributed by atoms with Gasteiger partial charge in [-0.15, -0.1) is 5.10 Å². The summed E-state index contributed by atoms with van der Waals surface area (Å²) in [6.45, 7) is 1.06. The molecule has 1 N–H and O–H groups in total. The predicted molar refractivity (Wildman–Crippen MR) is 79.8 cm³/mol. The first-order valence-corrected chi connectivity index (χ1v) is 7.22. The molecule has 0 bridgehead atoms. The molecule has 3 aromatic rings. The molecule has 112 valence electrons. The van der Waals surface area contributed by atoms with E-state index in [4.69, 9.17) is 4.74 Å². The zero-order chi connectivity index (χ0) is 15.2. The second-order valence-electron chi connectivity index (χ2n) is 4.27. The smallest absolute Gasteiger partial charge is 0.269 e. The van der Waals surface area contributed by atoms with Gasteiger partial charge in [-0.05, 0) is 23.7 Å². The molecule has 1 amide bonds.